The fraction of sp³-hybridized carbons (Fsp3) is 0.900. The smallest absolute Gasteiger partial charge is 0.220 e. The molecule has 76 valence electrons. The van der Waals surface area contributed by atoms with Crippen molar-refractivity contribution in [3.8, 4) is 0 Å². The number of hydrogen-bond donors (Lipinski definition) is 2. The summed E-state index contributed by atoms with van der Waals surface area (Å²) in [5, 5.41) is 0. The van der Waals surface area contributed by atoms with Crippen LogP contribution in [0, 0.1) is 11.8 Å². The summed E-state index contributed by atoms with van der Waals surface area (Å²) in [6, 6.07) is 0.256. The van der Waals surface area contributed by atoms with Gasteiger partial charge in [0.1, 0.15) is 0 Å². The van der Waals surface area contributed by atoms with Crippen LogP contribution in [0.5, 0.6) is 0 Å². The van der Waals surface area contributed by atoms with E-state index in [1.54, 1.807) is 0 Å². The Balaban J connectivity index is 2.44. The van der Waals surface area contributed by atoms with Crippen LogP contribution in [0.1, 0.15) is 39.0 Å². The number of nitrogens with two attached hydrogens (primary N) is 2. The van der Waals surface area contributed by atoms with E-state index in [9.17, 15) is 4.79 Å². The summed E-state index contributed by atoms with van der Waals surface area (Å²) in [6.45, 7) is 2.05. The zero-order chi connectivity index (χ0) is 9.84. The fourth-order valence-electron chi connectivity index (χ4n) is 2.14. The summed E-state index contributed by atoms with van der Waals surface area (Å²) < 4.78 is 0. The maximum atomic E-state index is 11.0. The van der Waals surface area contributed by atoms with Crippen molar-refractivity contribution in [2.45, 2.75) is 45.1 Å². The third-order valence-electron chi connectivity index (χ3n) is 3.16. The Morgan fingerprint density at radius 3 is 2.54 bits per heavy atom. The van der Waals surface area contributed by atoms with Crippen molar-refractivity contribution in [3.63, 3.8) is 0 Å². The van der Waals surface area contributed by atoms with Crippen LogP contribution in [0.15, 0.2) is 0 Å². The monoisotopic (exact) mass is 184 g/mol. The molecule has 0 aromatic rings. The topological polar surface area (TPSA) is 69.1 Å². The molecule has 0 aliphatic heterocycles. The van der Waals surface area contributed by atoms with Crippen LogP contribution >= 0.6 is 0 Å². The second-order valence-electron chi connectivity index (χ2n) is 4.23. The molecule has 4 N–H and O–H groups in total. The van der Waals surface area contributed by atoms with Crippen molar-refractivity contribution in [2.75, 3.05) is 0 Å². The summed E-state index contributed by atoms with van der Waals surface area (Å²) in [5.74, 6) is 0.554. The van der Waals surface area contributed by atoms with Crippen molar-refractivity contribution in [1.29, 1.82) is 0 Å². The van der Waals surface area contributed by atoms with E-state index in [1.807, 2.05) is 0 Å². The lowest BCUT2D eigenvalue weighted by atomic mass is 9.93. The Bertz CT molecular complexity index is 180. The van der Waals surface area contributed by atoms with Crippen LogP contribution in [0.25, 0.3) is 0 Å². The first-order valence-corrected chi connectivity index (χ1v) is 5.16. The normalized spacial score (nSPS) is 32.2. The molecule has 1 amide bonds. The molecule has 0 radical (unpaired) electrons. The van der Waals surface area contributed by atoms with Gasteiger partial charge in [0.25, 0.3) is 0 Å². The molecule has 3 nitrogen and oxygen atoms in total. The third kappa shape index (κ3) is 2.99. The molecule has 1 saturated carbocycles. The molecular weight excluding hydrogens is 164 g/mol. The Labute approximate surface area is 79.9 Å². The first-order valence-electron chi connectivity index (χ1n) is 5.16. The fourth-order valence-corrected chi connectivity index (χ4v) is 2.14. The quantitative estimate of drug-likeness (QED) is 0.629. The van der Waals surface area contributed by atoms with Crippen LogP contribution in [-0.4, -0.2) is 11.9 Å². The van der Waals surface area contributed by atoms with Gasteiger partial charge in [0.15, 0.2) is 0 Å². The zero-order valence-corrected chi connectivity index (χ0v) is 8.33. The lowest BCUT2D eigenvalue weighted by Gasteiger charge is -2.17. The SMILES string of the molecule is C[C@@H](N)C1CCCC(C(N)=O)CC1. The van der Waals surface area contributed by atoms with Crippen LogP contribution in [0.2, 0.25) is 0 Å². The molecule has 3 heteroatoms. The van der Waals surface area contributed by atoms with Gasteiger partial charge in [-0.3, -0.25) is 4.79 Å². The molecule has 0 saturated heterocycles. The summed E-state index contributed by atoms with van der Waals surface area (Å²) >= 11 is 0. The van der Waals surface area contributed by atoms with Gasteiger partial charge < -0.3 is 11.5 Å². The molecule has 1 aliphatic rings. The van der Waals surface area contributed by atoms with Crippen LogP contribution < -0.4 is 11.5 Å². The van der Waals surface area contributed by atoms with Gasteiger partial charge >= 0.3 is 0 Å². The number of hydrogen-bond acceptors (Lipinski definition) is 2. The van der Waals surface area contributed by atoms with E-state index in [2.05, 4.69) is 6.92 Å². The minimum Gasteiger partial charge on any atom is -0.369 e. The van der Waals surface area contributed by atoms with E-state index in [0.29, 0.717) is 5.92 Å². The minimum absolute atomic E-state index is 0.101. The Kier molecular flexibility index (Phi) is 3.72. The molecule has 1 rings (SSSR count). The van der Waals surface area contributed by atoms with E-state index < -0.39 is 0 Å². The van der Waals surface area contributed by atoms with Gasteiger partial charge in [-0.2, -0.15) is 0 Å². The predicted octanol–water partition coefficient (Wildman–Crippen LogP) is 1.02. The minimum atomic E-state index is -0.134. The van der Waals surface area contributed by atoms with Gasteiger partial charge in [-0.25, -0.2) is 0 Å². The van der Waals surface area contributed by atoms with Gasteiger partial charge in [0, 0.05) is 12.0 Å². The first-order chi connectivity index (χ1) is 6.11. The predicted molar refractivity (Wildman–Crippen MR) is 52.9 cm³/mol. The highest BCUT2D eigenvalue weighted by molar-refractivity contribution is 5.76. The van der Waals surface area contributed by atoms with E-state index in [1.165, 1.54) is 0 Å². The summed E-state index contributed by atoms with van der Waals surface area (Å²) in [5.41, 5.74) is 11.1. The summed E-state index contributed by atoms with van der Waals surface area (Å²) in [7, 11) is 0. The Morgan fingerprint density at radius 1 is 1.31 bits per heavy atom. The lowest BCUT2D eigenvalue weighted by Crippen LogP contribution is -2.26. The number of carbonyl (C=O) groups excluding carboxylic acids is 1. The van der Waals surface area contributed by atoms with Gasteiger partial charge in [-0.1, -0.05) is 6.42 Å². The van der Waals surface area contributed by atoms with Gasteiger partial charge in [-0.05, 0) is 38.5 Å². The molecule has 0 spiro atoms. The lowest BCUT2D eigenvalue weighted by molar-refractivity contribution is -0.122. The van der Waals surface area contributed by atoms with Crippen molar-refractivity contribution in [3.05, 3.63) is 0 Å². The van der Waals surface area contributed by atoms with Crippen LogP contribution in [0.3, 0.4) is 0 Å². The van der Waals surface area contributed by atoms with Crippen LogP contribution in [-0.2, 0) is 4.79 Å². The van der Waals surface area contributed by atoms with Gasteiger partial charge in [-0.15, -0.1) is 0 Å². The molecule has 0 aromatic heterocycles. The molecule has 1 fully saturated rings. The molecule has 2 unspecified atom stereocenters. The standard InChI is InChI=1S/C10H20N2O/c1-7(11)8-3-2-4-9(6-5-8)10(12)13/h7-9H,2-6,11H2,1H3,(H2,12,13)/t7-,8?,9?/m1/s1. The number of rotatable bonds is 2. The highest BCUT2D eigenvalue weighted by Gasteiger charge is 2.23. The Hall–Kier alpha value is -0.570. The maximum Gasteiger partial charge on any atom is 0.220 e. The molecule has 0 heterocycles. The van der Waals surface area contributed by atoms with Crippen molar-refractivity contribution >= 4 is 5.91 Å². The number of primary amides is 1. The largest absolute Gasteiger partial charge is 0.369 e. The second kappa shape index (κ2) is 4.61. The van der Waals surface area contributed by atoms with Gasteiger partial charge in [0.05, 0.1) is 0 Å². The average Bonchev–Trinajstić information content (AvgIpc) is 2.27. The summed E-state index contributed by atoms with van der Waals surface area (Å²) in [6.07, 6.45) is 5.20. The molecule has 13 heavy (non-hydrogen) atoms. The van der Waals surface area contributed by atoms with Gasteiger partial charge in [0.2, 0.25) is 5.91 Å². The Morgan fingerprint density at radius 2 is 2.00 bits per heavy atom. The molecule has 3 atom stereocenters. The molecular formula is C10H20N2O. The van der Waals surface area contributed by atoms with E-state index in [-0.39, 0.29) is 17.9 Å². The first kappa shape index (κ1) is 10.5. The molecule has 0 bridgehead atoms. The molecule has 1 aliphatic carbocycles. The van der Waals surface area contributed by atoms with Crippen molar-refractivity contribution in [2.24, 2.45) is 23.3 Å². The van der Waals surface area contributed by atoms with Crippen molar-refractivity contribution < 1.29 is 4.79 Å². The van der Waals surface area contributed by atoms with E-state index in [4.69, 9.17) is 11.5 Å². The average molecular weight is 184 g/mol. The zero-order valence-electron chi connectivity index (χ0n) is 8.33. The summed E-state index contributed by atoms with van der Waals surface area (Å²) in [4.78, 5) is 11.0. The second-order valence-corrected chi connectivity index (χ2v) is 4.23. The van der Waals surface area contributed by atoms with E-state index >= 15 is 0 Å². The molecule has 0 aromatic carbocycles. The number of carbonyl (C=O) groups is 1. The highest BCUT2D eigenvalue weighted by Crippen LogP contribution is 2.28. The highest BCUT2D eigenvalue weighted by atomic mass is 16.1. The maximum absolute atomic E-state index is 11.0. The van der Waals surface area contributed by atoms with Crippen molar-refractivity contribution in [1.82, 2.24) is 0 Å². The van der Waals surface area contributed by atoms with E-state index in [0.717, 1.165) is 32.1 Å². The number of amides is 1. The third-order valence-corrected chi connectivity index (χ3v) is 3.16. The van der Waals surface area contributed by atoms with Crippen LogP contribution in [0.4, 0.5) is 0 Å².